The van der Waals surface area contributed by atoms with Crippen molar-refractivity contribution in [3.63, 3.8) is 0 Å². The van der Waals surface area contributed by atoms with E-state index in [0.717, 1.165) is 39.4 Å². The number of aromatic nitrogens is 2. The second kappa shape index (κ2) is 9.41. The molecule has 4 aromatic rings. The van der Waals surface area contributed by atoms with Crippen molar-refractivity contribution in [2.75, 3.05) is 5.32 Å². The van der Waals surface area contributed by atoms with Crippen LogP contribution >= 0.6 is 22.7 Å². The second-order valence-corrected chi connectivity index (χ2v) is 9.57. The number of aromatic carboxylic acids is 1. The van der Waals surface area contributed by atoms with Gasteiger partial charge >= 0.3 is 5.97 Å². The van der Waals surface area contributed by atoms with Gasteiger partial charge in [-0.25, -0.2) is 14.8 Å². The number of pyridine rings is 1. The predicted molar refractivity (Wildman–Crippen MR) is 129 cm³/mol. The molecule has 0 amide bonds. The fourth-order valence-corrected chi connectivity index (χ4v) is 4.95. The van der Waals surface area contributed by atoms with Crippen molar-refractivity contribution in [1.29, 1.82) is 0 Å². The van der Waals surface area contributed by atoms with Crippen LogP contribution in [-0.4, -0.2) is 21.0 Å². The molecule has 4 rings (SSSR count). The first-order valence-corrected chi connectivity index (χ1v) is 11.8. The van der Waals surface area contributed by atoms with E-state index < -0.39 is 5.97 Å². The summed E-state index contributed by atoms with van der Waals surface area (Å²) >= 11 is 3.08. The molecule has 0 unspecified atom stereocenters. The number of nitrogens with one attached hydrogen (secondary N) is 1. The number of rotatable bonds is 8. The highest BCUT2D eigenvalue weighted by Gasteiger charge is 2.18. The van der Waals surface area contributed by atoms with E-state index in [-0.39, 0.29) is 5.56 Å². The molecule has 0 aliphatic heterocycles. The number of hydrogen-bond donors (Lipinski definition) is 2. The minimum absolute atomic E-state index is 0.131. The zero-order chi connectivity index (χ0) is 21.8. The average molecular weight is 450 g/mol. The second-order valence-electron chi connectivity index (χ2n) is 7.62. The molecule has 0 bridgehead atoms. The number of carbonyl (C=O) groups is 1. The van der Waals surface area contributed by atoms with E-state index in [1.54, 1.807) is 23.6 Å². The molecule has 0 spiro atoms. The molecule has 3 heterocycles. The lowest BCUT2D eigenvalue weighted by atomic mass is 10.0. The molecule has 0 aliphatic carbocycles. The molecule has 5 nitrogen and oxygen atoms in total. The lowest BCUT2D eigenvalue weighted by molar-refractivity contribution is 0.0697. The highest BCUT2D eigenvalue weighted by molar-refractivity contribution is 7.19. The van der Waals surface area contributed by atoms with E-state index in [4.69, 9.17) is 4.98 Å². The Kier molecular flexibility index (Phi) is 6.44. The first-order valence-electron chi connectivity index (χ1n) is 10.1. The monoisotopic (exact) mass is 449 g/mol. The van der Waals surface area contributed by atoms with Gasteiger partial charge in [-0.3, -0.25) is 0 Å². The van der Waals surface area contributed by atoms with E-state index in [1.165, 1.54) is 11.3 Å². The number of anilines is 2. The van der Waals surface area contributed by atoms with Crippen molar-refractivity contribution in [3.8, 4) is 20.9 Å². The summed E-state index contributed by atoms with van der Waals surface area (Å²) in [5.41, 5.74) is 3.07. The van der Waals surface area contributed by atoms with Crippen molar-refractivity contribution < 1.29 is 9.90 Å². The standard InChI is InChI=1S/C24H23N3O2S2/c1-15(2)10-11-19-21(16-7-4-3-5-8-16)31-24(26-19)27-22-18(23(28)29)13-17(14-25-22)20-9-6-12-30-20/h3-9,12-15H,10-11H2,1-2H3,(H,28,29)(H,25,26,27). The molecular formula is C24H23N3O2S2. The molecule has 0 saturated heterocycles. The Balaban J connectivity index is 1.68. The van der Waals surface area contributed by atoms with Gasteiger partial charge in [-0.05, 0) is 41.8 Å². The van der Waals surface area contributed by atoms with Crippen LogP contribution in [0, 0.1) is 5.92 Å². The molecule has 31 heavy (non-hydrogen) atoms. The third-order valence-electron chi connectivity index (χ3n) is 4.84. The zero-order valence-electron chi connectivity index (χ0n) is 17.3. The molecule has 158 valence electrons. The number of thiazole rings is 1. The molecule has 0 saturated carbocycles. The maximum atomic E-state index is 11.9. The van der Waals surface area contributed by atoms with Crippen LogP contribution in [0.15, 0.2) is 60.1 Å². The molecule has 0 radical (unpaired) electrons. The Morgan fingerprint density at radius 1 is 1.13 bits per heavy atom. The van der Waals surface area contributed by atoms with Crippen LogP contribution in [0.2, 0.25) is 0 Å². The molecule has 0 atom stereocenters. The summed E-state index contributed by atoms with van der Waals surface area (Å²) in [4.78, 5) is 23.2. The Bertz CT molecular complexity index is 1170. The van der Waals surface area contributed by atoms with E-state index in [9.17, 15) is 9.90 Å². The fraction of sp³-hybridized carbons (Fsp3) is 0.208. The maximum Gasteiger partial charge on any atom is 0.339 e. The Morgan fingerprint density at radius 3 is 2.61 bits per heavy atom. The number of hydrogen-bond acceptors (Lipinski definition) is 6. The number of thiophene rings is 1. The number of benzene rings is 1. The van der Waals surface area contributed by atoms with Crippen molar-refractivity contribution in [3.05, 3.63) is 71.4 Å². The number of carboxylic acids is 1. The Labute approximate surface area is 189 Å². The molecular weight excluding hydrogens is 426 g/mol. The topological polar surface area (TPSA) is 75.1 Å². The van der Waals surface area contributed by atoms with Crippen LogP contribution in [0.1, 0.15) is 36.3 Å². The van der Waals surface area contributed by atoms with Crippen LogP contribution in [-0.2, 0) is 6.42 Å². The quantitative estimate of drug-likeness (QED) is 0.304. The maximum absolute atomic E-state index is 11.9. The van der Waals surface area contributed by atoms with Crippen LogP contribution in [0.25, 0.3) is 20.9 Å². The van der Waals surface area contributed by atoms with Gasteiger partial charge in [0.05, 0.1) is 10.6 Å². The minimum atomic E-state index is -1.02. The van der Waals surface area contributed by atoms with Crippen molar-refractivity contribution in [2.45, 2.75) is 26.7 Å². The first kappa shape index (κ1) is 21.2. The molecule has 2 N–H and O–H groups in total. The van der Waals surface area contributed by atoms with Gasteiger partial charge in [0, 0.05) is 16.6 Å². The van der Waals surface area contributed by atoms with Gasteiger partial charge in [0.2, 0.25) is 0 Å². The summed E-state index contributed by atoms with van der Waals surface area (Å²) in [5.74, 6) is -0.142. The van der Waals surface area contributed by atoms with Gasteiger partial charge in [0.15, 0.2) is 5.13 Å². The van der Waals surface area contributed by atoms with Crippen LogP contribution in [0.4, 0.5) is 10.9 Å². The first-order chi connectivity index (χ1) is 15.0. The third kappa shape index (κ3) is 5.00. The molecule has 0 fully saturated rings. The van der Waals surface area contributed by atoms with Crippen molar-refractivity contribution >= 4 is 39.6 Å². The smallest absolute Gasteiger partial charge is 0.339 e. The summed E-state index contributed by atoms with van der Waals surface area (Å²) < 4.78 is 0. The van der Waals surface area contributed by atoms with Gasteiger partial charge in [0.1, 0.15) is 11.4 Å². The van der Waals surface area contributed by atoms with E-state index >= 15 is 0 Å². The SMILES string of the molecule is CC(C)CCc1nc(Nc2ncc(-c3cccs3)cc2C(=O)O)sc1-c1ccccc1. The minimum Gasteiger partial charge on any atom is -0.478 e. The van der Waals surface area contributed by atoms with E-state index in [0.29, 0.717) is 16.9 Å². The summed E-state index contributed by atoms with van der Waals surface area (Å²) in [6.07, 6.45) is 3.61. The summed E-state index contributed by atoms with van der Waals surface area (Å²) in [6.45, 7) is 4.40. The summed E-state index contributed by atoms with van der Waals surface area (Å²) in [6, 6.07) is 15.7. The average Bonchev–Trinajstić information content (AvgIpc) is 3.43. The van der Waals surface area contributed by atoms with Gasteiger partial charge in [-0.15, -0.1) is 11.3 Å². The molecule has 0 aliphatic rings. The van der Waals surface area contributed by atoms with Crippen LogP contribution in [0.3, 0.4) is 0 Å². The third-order valence-corrected chi connectivity index (χ3v) is 6.82. The van der Waals surface area contributed by atoms with Crippen LogP contribution < -0.4 is 5.32 Å². The Hall–Kier alpha value is -3.03. The van der Waals surface area contributed by atoms with Gasteiger partial charge < -0.3 is 10.4 Å². The lowest BCUT2D eigenvalue weighted by Gasteiger charge is -2.07. The normalized spacial score (nSPS) is 11.1. The fourth-order valence-electron chi connectivity index (χ4n) is 3.22. The highest BCUT2D eigenvalue weighted by atomic mass is 32.1. The summed E-state index contributed by atoms with van der Waals surface area (Å²) in [5, 5.41) is 15.5. The number of aryl methyl sites for hydroxylation is 1. The van der Waals surface area contributed by atoms with Crippen molar-refractivity contribution in [2.24, 2.45) is 5.92 Å². The number of nitrogens with zero attached hydrogens (tertiary/aromatic N) is 2. The lowest BCUT2D eigenvalue weighted by Crippen LogP contribution is -2.05. The molecule has 7 heteroatoms. The van der Waals surface area contributed by atoms with Crippen LogP contribution in [0.5, 0.6) is 0 Å². The zero-order valence-corrected chi connectivity index (χ0v) is 19.0. The van der Waals surface area contributed by atoms with E-state index in [2.05, 4.69) is 36.3 Å². The Morgan fingerprint density at radius 2 is 1.94 bits per heavy atom. The summed E-state index contributed by atoms with van der Waals surface area (Å²) in [7, 11) is 0. The van der Waals surface area contributed by atoms with Crippen molar-refractivity contribution in [1.82, 2.24) is 9.97 Å². The largest absolute Gasteiger partial charge is 0.478 e. The van der Waals surface area contributed by atoms with Gasteiger partial charge in [-0.2, -0.15) is 0 Å². The van der Waals surface area contributed by atoms with Gasteiger partial charge in [0.25, 0.3) is 0 Å². The molecule has 1 aromatic carbocycles. The highest BCUT2D eigenvalue weighted by Crippen LogP contribution is 2.36. The predicted octanol–water partition coefficient (Wildman–Crippen LogP) is 6.96. The van der Waals surface area contributed by atoms with E-state index in [1.807, 2.05) is 35.7 Å². The molecule has 3 aromatic heterocycles. The van der Waals surface area contributed by atoms with Gasteiger partial charge in [-0.1, -0.05) is 61.6 Å². The number of carboxylic acid groups (broad SMARTS) is 1.